The van der Waals surface area contributed by atoms with Crippen molar-refractivity contribution in [3.8, 4) is 5.75 Å². The Kier molecular flexibility index (Phi) is 6.50. The van der Waals surface area contributed by atoms with Gasteiger partial charge in [0.25, 0.3) is 0 Å². The lowest BCUT2D eigenvalue weighted by Gasteiger charge is -2.35. The van der Waals surface area contributed by atoms with Crippen LogP contribution in [0.25, 0.3) is 11.2 Å². The van der Waals surface area contributed by atoms with E-state index in [1.165, 1.54) is 24.2 Å². The summed E-state index contributed by atoms with van der Waals surface area (Å²) in [5.41, 5.74) is 4.36. The number of imidazole rings is 1. The first-order valence-electron chi connectivity index (χ1n) is 11.8. The number of para-hydroxylation sites is 1. The number of aliphatic hydroxyl groups excluding tert-OH is 1. The van der Waals surface area contributed by atoms with Gasteiger partial charge in [0.1, 0.15) is 23.8 Å². The molecule has 0 bridgehead atoms. The fraction of sp³-hybridized carbons (Fsp3) is 0.522. The summed E-state index contributed by atoms with van der Waals surface area (Å²) in [6, 6.07) is 8.66. The Morgan fingerprint density at radius 1 is 1.33 bits per heavy atom. The van der Waals surface area contributed by atoms with Gasteiger partial charge in [0, 0.05) is 13.1 Å². The molecule has 2 aliphatic rings. The van der Waals surface area contributed by atoms with E-state index in [2.05, 4.69) is 19.9 Å². The quantitative estimate of drug-likeness (QED) is 0.426. The van der Waals surface area contributed by atoms with Crippen molar-refractivity contribution in [2.24, 2.45) is 5.50 Å². The molecule has 5 atom stereocenters. The van der Waals surface area contributed by atoms with Crippen LogP contribution in [0.2, 0.25) is 0 Å². The first kappa shape index (κ1) is 25.0. The number of rotatable bonds is 8. The van der Waals surface area contributed by atoms with Gasteiger partial charge in [-0.15, -0.1) is 0 Å². The highest BCUT2D eigenvalue weighted by molar-refractivity contribution is 7.51. The van der Waals surface area contributed by atoms with Crippen molar-refractivity contribution < 1.29 is 27.8 Å². The van der Waals surface area contributed by atoms with Crippen LogP contribution >= 0.6 is 7.75 Å². The topological polar surface area (TPSA) is 138 Å². The van der Waals surface area contributed by atoms with Gasteiger partial charge in [-0.05, 0) is 45.2 Å². The molecule has 3 aromatic rings. The van der Waals surface area contributed by atoms with Gasteiger partial charge in [-0.2, -0.15) is 0 Å². The third-order valence-corrected chi connectivity index (χ3v) is 7.81. The second-order valence-corrected chi connectivity index (χ2v) is 11.0. The minimum Gasteiger partial charge on any atom is -0.413 e. The minimum atomic E-state index is -4.04. The summed E-state index contributed by atoms with van der Waals surface area (Å²) in [5.74, 6) is 1.43. The van der Waals surface area contributed by atoms with Crippen LogP contribution in [-0.2, 0) is 13.8 Å². The number of benzene rings is 1. The van der Waals surface area contributed by atoms with Crippen molar-refractivity contribution in [1.82, 2.24) is 19.5 Å². The Hall–Kier alpha value is -2.63. The molecule has 1 saturated heterocycles. The molecule has 2 aromatic heterocycles. The molecule has 3 heterocycles. The molecule has 1 saturated carbocycles. The molecule has 1 unspecified atom stereocenters. The number of aryl methyl sites for hydroxylation is 1. The van der Waals surface area contributed by atoms with Crippen LogP contribution in [0, 0.1) is 6.92 Å². The van der Waals surface area contributed by atoms with Gasteiger partial charge in [-0.25, -0.2) is 29.4 Å². The molecule has 13 heteroatoms. The van der Waals surface area contributed by atoms with Gasteiger partial charge in [0.15, 0.2) is 28.9 Å². The predicted octanol–water partition coefficient (Wildman–Crippen LogP) is 3.27. The number of hydrogen-bond donors (Lipinski definition) is 2. The van der Waals surface area contributed by atoms with E-state index in [-0.39, 0.29) is 5.75 Å². The summed E-state index contributed by atoms with van der Waals surface area (Å²) in [4.78, 5) is 15.6. The molecule has 3 N–H and O–H groups in total. The number of aliphatic hydroxyl groups is 1. The van der Waals surface area contributed by atoms with Crippen LogP contribution < -0.4 is 14.9 Å². The number of nitrogens with zero attached hydrogens (tertiary/aromatic N) is 5. The minimum absolute atomic E-state index is 0.257. The third-order valence-electron chi connectivity index (χ3n) is 6.84. The Morgan fingerprint density at radius 3 is 2.72 bits per heavy atom. The molecule has 1 aliphatic carbocycles. The number of ether oxygens (including phenoxy) is 1. The van der Waals surface area contributed by atoms with Gasteiger partial charge < -0.3 is 19.3 Å². The SMILES string of the molecule is Cc1nc(N(C)C2CCC2)c2ncn([C@@H]3O[C@H](COP(N)(=O)Oc4ccccc4)[C@@H](O)[C@@]3(C)F)c2n1. The maximum absolute atomic E-state index is 15.9. The molecule has 0 amide bonds. The summed E-state index contributed by atoms with van der Waals surface area (Å²) < 4.78 is 46.3. The van der Waals surface area contributed by atoms with E-state index < -0.39 is 38.5 Å². The molecule has 0 spiro atoms. The van der Waals surface area contributed by atoms with Crippen molar-refractivity contribution in [3.05, 3.63) is 42.5 Å². The lowest BCUT2D eigenvalue weighted by atomic mass is 9.92. The van der Waals surface area contributed by atoms with Gasteiger partial charge >= 0.3 is 7.75 Å². The first-order chi connectivity index (χ1) is 17.1. The molecular formula is C23H30FN6O5P. The second-order valence-electron chi connectivity index (χ2n) is 9.48. The van der Waals surface area contributed by atoms with Crippen molar-refractivity contribution in [3.63, 3.8) is 0 Å². The molecule has 1 aromatic carbocycles. The Balaban J connectivity index is 1.37. The zero-order valence-electron chi connectivity index (χ0n) is 20.3. The number of fused-ring (bicyclic) bond motifs is 1. The highest BCUT2D eigenvalue weighted by atomic mass is 31.2. The smallest absolute Gasteiger partial charge is 0.413 e. The van der Waals surface area contributed by atoms with Crippen molar-refractivity contribution in [2.75, 3.05) is 18.6 Å². The average molecular weight is 521 g/mol. The molecule has 11 nitrogen and oxygen atoms in total. The lowest BCUT2D eigenvalue weighted by Crippen LogP contribution is -2.40. The van der Waals surface area contributed by atoms with E-state index in [9.17, 15) is 9.67 Å². The summed E-state index contributed by atoms with van der Waals surface area (Å²) in [5, 5.41) is 10.7. The number of nitrogens with two attached hydrogens (primary N) is 1. The van der Waals surface area contributed by atoms with Crippen molar-refractivity contribution >= 4 is 24.7 Å². The Labute approximate surface area is 208 Å². The third kappa shape index (κ3) is 4.59. The molecule has 0 radical (unpaired) electrons. The van der Waals surface area contributed by atoms with E-state index >= 15 is 4.39 Å². The van der Waals surface area contributed by atoms with E-state index in [4.69, 9.17) is 19.3 Å². The second kappa shape index (κ2) is 9.35. The fourth-order valence-corrected chi connectivity index (χ4v) is 5.38. The highest BCUT2D eigenvalue weighted by Gasteiger charge is 2.56. The van der Waals surface area contributed by atoms with Crippen LogP contribution in [0.3, 0.4) is 0 Å². The van der Waals surface area contributed by atoms with E-state index in [1.807, 2.05) is 7.05 Å². The number of anilines is 1. The molecule has 2 fully saturated rings. The Morgan fingerprint density at radius 2 is 2.06 bits per heavy atom. The maximum atomic E-state index is 15.9. The average Bonchev–Trinajstić information content (AvgIpc) is 3.29. The number of hydrogen-bond acceptors (Lipinski definition) is 9. The maximum Gasteiger partial charge on any atom is 0.456 e. The Bertz CT molecular complexity index is 1290. The molecular weight excluding hydrogens is 490 g/mol. The van der Waals surface area contributed by atoms with E-state index in [1.54, 1.807) is 37.3 Å². The summed E-state index contributed by atoms with van der Waals surface area (Å²) in [7, 11) is -2.08. The predicted molar refractivity (Wildman–Crippen MR) is 130 cm³/mol. The summed E-state index contributed by atoms with van der Waals surface area (Å²) in [6.07, 6.45) is 0.707. The molecule has 194 valence electrons. The van der Waals surface area contributed by atoms with E-state index in [0.717, 1.165) is 12.8 Å². The van der Waals surface area contributed by atoms with Gasteiger partial charge in [0.05, 0.1) is 12.9 Å². The monoisotopic (exact) mass is 520 g/mol. The van der Waals surface area contributed by atoms with E-state index in [0.29, 0.717) is 28.8 Å². The molecule has 5 rings (SSSR count). The van der Waals surface area contributed by atoms with Gasteiger partial charge in [-0.1, -0.05) is 18.2 Å². The van der Waals surface area contributed by atoms with Crippen LogP contribution in [0.1, 0.15) is 38.2 Å². The summed E-state index contributed by atoms with van der Waals surface area (Å²) >= 11 is 0. The normalized spacial score (nSPS) is 28.1. The zero-order chi connectivity index (χ0) is 25.7. The molecule has 1 aliphatic heterocycles. The summed E-state index contributed by atoms with van der Waals surface area (Å²) in [6.45, 7) is 2.54. The van der Waals surface area contributed by atoms with Crippen molar-refractivity contribution in [1.29, 1.82) is 0 Å². The van der Waals surface area contributed by atoms with Crippen LogP contribution in [-0.4, -0.2) is 62.2 Å². The van der Waals surface area contributed by atoms with Crippen LogP contribution in [0.5, 0.6) is 5.75 Å². The zero-order valence-corrected chi connectivity index (χ0v) is 21.2. The van der Waals surface area contributed by atoms with Gasteiger partial charge in [0.2, 0.25) is 0 Å². The van der Waals surface area contributed by atoms with Crippen LogP contribution in [0.4, 0.5) is 10.2 Å². The van der Waals surface area contributed by atoms with Crippen molar-refractivity contribution in [2.45, 2.75) is 63.3 Å². The standard InChI is InChI=1S/C23H30FN6O5P/c1-14-27-20(29(3)15-8-7-9-15)18-21(28-14)30(13-26-18)22-23(2,24)19(31)17(34-22)12-33-36(25,32)35-16-10-5-4-6-11-16/h4-6,10-11,13,15,17,19,22,31H,7-9,12H2,1-3H3,(H2,25,32)/t17-,19-,22-,23-,36?/m1/s1. The number of aromatic nitrogens is 4. The largest absolute Gasteiger partial charge is 0.456 e. The first-order valence-corrected chi connectivity index (χ1v) is 13.4. The highest BCUT2D eigenvalue weighted by Crippen LogP contribution is 2.46. The molecule has 36 heavy (non-hydrogen) atoms. The van der Waals surface area contributed by atoms with Gasteiger partial charge in [-0.3, -0.25) is 9.09 Å². The number of alkyl halides is 1. The van der Waals surface area contributed by atoms with Crippen LogP contribution in [0.15, 0.2) is 36.7 Å². The number of halogens is 1. The lowest BCUT2D eigenvalue weighted by molar-refractivity contribution is -0.0545. The fourth-order valence-electron chi connectivity index (χ4n) is 4.55.